The van der Waals surface area contributed by atoms with Crippen LogP contribution in [0, 0.1) is 10.1 Å². The zero-order chi connectivity index (χ0) is 10.1. The fraction of sp³-hybridized carbons (Fsp3) is 0.250. The molecule has 0 saturated carbocycles. The summed E-state index contributed by atoms with van der Waals surface area (Å²) in [4.78, 5) is 10.6. The van der Waals surface area contributed by atoms with Crippen molar-refractivity contribution >= 4 is 11.4 Å². The molecule has 0 aromatic heterocycles. The van der Waals surface area contributed by atoms with Crippen LogP contribution in [0.2, 0.25) is 0 Å². The second-order valence-electron chi connectivity index (χ2n) is 2.94. The Bertz CT molecular complexity index is 380. The Morgan fingerprint density at radius 1 is 1.57 bits per heavy atom. The molecule has 0 radical (unpaired) electrons. The Labute approximate surface area is 80.0 Å². The summed E-state index contributed by atoms with van der Waals surface area (Å²) in [6.07, 6.45) is 0. The van der Waals surface area contributed by atoms with Gasteiger partial charge in [-0.25, -0.2) is 10.1 Å². The Hall–Kier alpha value is -1.98. The van der Waals surface area contributed by atoms with Crippen molar-refractivity contribution in [1.82, 2.24) is 0 Å². The van der Waals surface area contributed by atoms with Crippen molar-refractivity contribution in [2.75, 3.05) is 23.9 Å². The lowest BCUT2D eigenvalue weighted by Crippen LogP contribution is -2.37. The molecule has 6 nitrogen and oxygen atoms in total. The number of anilines is 2. The molecular weight excluding hydrogens is 186 g/mol. The maximum Gasteiger partial charge on any atom is 0.165 e. The highest BCUT2D eigenvalue weighted by Gasteiger charge is 2.25. The fourth-order valence-corrected chi connectivity index (χ4v) is 1.39. The van der Waals surface area contributed by atoms with Gasteiger partial charge >= 0.3 is 0 Å². The molecule has 0 spiro atoms. The van der Waals surface area contributed by atoms with Gasteiger partial charge in [-0.15, -0.1) is 0 Å². The van der Waals surface area contributed by atoms with E-state index in [-0.39, 0.29) is 6.54 Å². The van der Waals surface area contributed by atoms with E-state index in [1.807, 2.05) is 0 Å². The van der Waals surface area contributed by atoms with Gasteiger partial charge < -0.3 is 10.5 Å². The average Bonchev–Trinajstić information content (AvgIpc) is 2.16. The number of nitrogens with two attached hydrogens (primary N) is 1. The number of fused-ring (bicyclic) bond motifs is 1. The monoisotopic (exact) mass is 195 g/mol. The summed E-state index contributed by atoms with van der Waals surface area (Å²) in [5.41, 5.74) is 6.53. The Morgan fingerprint density at radius 3 is 3.07 bits per heavy atom. The van der Waals surface area contributed by atoms with Crippen LogP contribution >= 0.6 is 0 Å². The first-order chi connectivity index (χ1) is 6.68. The van der Waals surface area contributed by atoms with Crippen molar-refractivity contribution in [3.8, 4) is 5.75 Å². The van der Waals surface area contributed by atoms with Crippen LogP contribution in [0.1, 0.15) is 0 Å². The number of nitro groups is 1. The highest BCUT2D eigenvalue weighted by Crippen LogP contribution is 2.32. The van der Waals surface area contributed by atoms with Gasteiger partial charge in [0, 0.05) is 11.8 Å². The lowest BCUT2D eigenvalue weighted by atomic mass is 10.2. The van der Waals surface area contributed by atoms with Gasteiger partial charge in [-0.05, 0) is 12.1 Å². The largest absolute Gasteiger partial charge is 0.489 e. The number of rotatable bonds is 1. The molecule has 0 amide bonds. The van der Waals surface area contributed by atoms with Crippen molar-refractivity contribution < 1.29 is 9.77 Å². The molecule has 1 aliphatic rings. The fourth-order valence-electron chi connectivity index (χ4n) is 1.39. The Kier molecular flexibility index (Phi) is 1.88. The van der Waals surface area contributed by atoms with E-state index >= 15 is 0 Å². The van der Waals surface area contributed by atoms with E-state index in [1.54, 1.807) is 18.2 Å². The SMILES string of the molecule is Nc1ccc2c(c1)OCCN2[N+](=O)[O-]. The zero-order valence-corrected chi connectivity index (χ0v) is 7.34. The topological polar surface area (TPSA) is 81.6 Å². The maximum atomic E-state index is 10.6. The molecule has 6 heteroatoms. The first kappa shape index (κ1) is 8.61. The second-order valence-corrected chi connectivity index (χ2v) is 2.94. The third kappa shape index (κ3) is 1.30. The summed E-state index contributed by atoms with van der Waals surface area (Å²) in [7, 11) is 0. The predicted octanol–water partition coefficient (Wildman–Crippen LogP) is 0.659. The van der Waals surface area contributed by atoms with Crippen LogP contribution in [-0.2, 0) is 0 Å². The van der Waals surface area contributed by atoms with E-state index < -0.39 is 5.03 Å². The van der Waals surface area contributed by atoms with Gasteiger partial charge in [0.25, 0.3) is 0 Å². The molecular formula is C8H9N3O3. The molecule has 1 aromatic rings. The normalized spacial score (nSPS) is 14.4. The van der Waals surface area contributed by atoms with Crippen molar-refractivity contribution in [2.45, 2.75) is 0 Å². The van der Waals surface area contributed by atoms with Crippen molar-refractivity contribution in [1.29, 1.82) is 0 Å². The molecule has 0 saturated heterocycles. The number of hydrogen-bond donors (Lipinski definition) is 1. The van der Waals surface area contributed by atoms with E-state index in [0.29, 0.717) is 23.7 Å². The number of nitrogen functional groups attached to an aromatic ring is 1. The third-order valence-corrected chi connectivity index (χ3v) is 2.02. The minimum absolute atomic E-state index is 0.254. The van der Waals surface area contributed by atoms with Gasteiger partial charge in [-0.1, -0.05) is 5.01 Å². The third-order valence-electron chi connectivity index (χ3n) is 2.02. The molecule has 1 heterocycles. The van der Waals surface area contributed by atoms with Crippen LogP contribution in [0.4, 0.5) is 11.4 Å². The summed E-state index contributed by atoms with van der Waals surface area (Å²) in [6, 6.07) is 4.79. The van der Waals surface area contributed by atoms with Gasteiger partial charge in [0.05, 0.1) is 0 Å². The minimum atomic E-state index is -0.447. The summed E-state index contributed by atoms with van der Waals surface area (Å²) >= 11 is 0. The molecule has 1 aromatic carbocycles. The smallest absolute Gasteiger partial charge is 0.165 e. The Morgan fingerprint density at radius 2 is 2.36 bits per heavy atom. The standard InChI is InChI=1S/C8H9N3O3/c9-6-1-2-7-8(5-6)14-4-3-10(7)11(12)13/h1-2,5H,3-4,9H2. The molecule has 0 fully saturated rings. The number of hydrogen-bond acceptors (Lipinski definition) is 4. The average molecular weight is 195 g/mol. The van der Waals surface area contributed by atoms with Crippen LogP contribution in [0.5, 0.6) is 5.75 Å². The molecule has 2 N–H and O–H groups in total. The molecule has 0 atom stereocenters. The predicted molar refractivity (Wildman–Crippen MR) is 50.7 cm³/mol. The summed E-state index contributed by atoms with van der Waals surface area (Å²) in [6.45, 7) is 0.557. The van der Waals surface area contributed by atoms with Gasteiger partial charge in [0.15, 0.2) is 10.8 Å². The number of hydrazine groups is 1. The van der Waals surface area contributed by atoms with Crippen LogP contribution in [-0.4, -0.2) is 18.2 Å². The van der Waals surface area contributed by atoms with Crippen LogP contribution < -0.4 is 15.5 Å². The number of nitrogens with zero attached hydrogens (tertiary/aromatic N) is 2. The number of benzene rings is 1. The lowest BCUT2D eigenvalue weighted by Gasteiger charge is -2.22. The van der Waals surface area contributed by atoms with Gasteiger partial charge in [-0.3, -0.25) is 0 Å². The van der Waals surface area contributed by atoms with Gasteiger partial charge in [0.2, 0.25) is 0 Å². The van der Waals surface area contributed by atoms with Crippen molar-refractivity contribution in [3.63, 3.8) is 0 Å². The molecule has 14 heavy (non-hydrogen) atoms. The summed E-state index contributed by atoms with van der Waals surface area (Å²) in [5, 5.41) is 11.3. The highest BCUT2D eigenvalue weighted by molar-refractivity contribution is 5.63. The van der Waals surface area contributed by atoms with Gasteiger partial charge in [-0.2, -0.15) is 0 Å². The van der Waals surface area contributed by atoms with Crippen LogP contribution in [0.15, 0.2) is 18.2 Å². The van der Waals surface area contributed by atoms with Crippen LogP contribution in [0.25, 0.3) is 0 Å². The van der Waals surface area contributed by atoms with Gasteiger partial charge in [0.1, 0.15) is 18.8 Å². The maximum absolute atomic E-state index is 10.6. The molecule has 0 aliphatic carbocycles. The highest BCUT2D eigenvalue weighted by atomic mass is 16.7. The molecule has 74 valence electrons. The quantitative estimate of drug-likeness (QED) is 0.404. The number of ether oxygens (including phenoxy) is 1. The first-order valence-corrected chi connectivity index (χ1v) is 4.12. The summed E-state index contributed by atoms with van der Waals surface area (Å²) in [5.74, 6) is 0.466. The first-order valence-electron chi connectivity index (χ1n) is 4.12. The second kappa shape index (κ2) is 3.06. The zero-order valence-electron chi connectivity index (χ0n) is 7.34. The molecule has 0 unspecified atom stereocenters. The Balaban J connectivity index is 2.44. The van der Waals surface area contributed by atoms with E-state index in [4.69, 9.17) is 10.5 Å². The summed E-state index contributed by atoms with van der Waals surface area (Å²) < 4.78 is 5.26. The van der Waals surface area contributed by atoms with E-state index in [0.717, 1.165) is 5.01 Å². The lowest BCUT2D eigenvalue weighted by molar-refractivity contribution is -0.495. The van der Waals surface area contributed by atoms with E-state index in [9.17, 15) is 10.1 Å². The van der Waals surface area contributed by atoms with Crippen LogP contribution in [0.3, 0.4) is 0 Å². The van der Waals surface area contributed by atoms with E-state index in [1.165, 1.54) is 0 Å². The molecule has 0 bridgehead atoms. The van der Waals surface area contributed by atoms with Crippen molar-refractivity contribution in [2.24, 2.45) is 0 Å². The molecule has 2 rings (SSSR count). The minimum Gasteiger partial charge on any atom is -0.489 e. The van der Waals surface area contributed by atoms with E-state index in [2.05, 4.69) is 0 Å². The van der Waals surface area contributed by atoms with Crippen molar-refractivity contribution in [3.05, 3.63) is 28.3 Å². The molecule has 1 aliphatic heterocycles.